The molecule has 1 aromatic rings. The SMILES string of the molecule is C[C@@]12C[C@@H](N=C(N)N1C#N)c1ccccc1O2. The van der Waals surface area contributed by atoms with E-state index in [4.69, 9.17) is 15.7 Å². The van der Waals surface area contributed by atoms with Crippen LogP contribution in [-0.2, 0) is 0 Å². The molecule has 0 spiro atoms. The zero-order valence-electron chi connectivity index (χ0n) is 9.42. The van der Waals surface area contributed by atoms with Crippen LogP contribution in [0.4, 0.5) is 0 Å². The molecule has 2 atom stereocenters. The summed E-state index contributed by atoms with van der Waals surface area (Å²) >= 11 is 0. The van der Waals surface area contributed by atoms with E-state index >= 15 is 0 Å². The Bertz CT molecular complexity index is 548. The Hall–Kier alpha value is -2.22. The highest BCUT2D eigenvalue weighted by molar-refractivity contribution is 5.81. The molecule has 2 aliphatic heterocycles. The second-order valence-electron chi connectivity index (χ2n) is 4.46. The van der Waals surface area contributed by atoms with E-state index < -0.39 is 5.72 Å². The van der Waals surface area contributed by atoms with Crippen molar-refractivity contribution in [3.05, 3.63) is 29.8 Å². The molecule has 5 heteroatoms. The smallest absolute Gasteiger partial charge is 0.208 e. The van der Waals surface area contributed by atoms with Crippen LogP contribution >= 0.6 is 0 Å². The Morgan fingerprint density at radius 2 is 2.35 bits per heavy atom. The van der Waals surface area contributed by atoms with Crippen molar-refractivity contribution in [2.75, 3.05) is 0 Å². The van der Waals surface area contributed by atoms with Crippen LogP contribution in [0.5, 0.6) is 5.75 Å². The summed E-state index contributed by atoms with van der Waals surface area (Å²) in [6.45, 7) is 1.86. The number of nitriles is 1. The van der Waals surface area contributed by atoms with E-state index in [0.717, 1.165) is 11.3 Å². The quantitative estimate of drug-likeness (QED) is 0.680. The van der Waals surface area contributed by atoms with E-state index in [1.54, 1.807) is 0 Å². The standard InChI is InChI=1S/C12H12N4O/c1-12-6-9(15-11(14)16(12)7-13)8-4-2-3-5-10(8)17-12/h2-5,9H,6H2,1H3,(H2,14,15)/t9-,12-/m1/s1. The average Bonchev–Trinajstić information content (AvgIpc) is 2.28. The number of nitrogens with zero attached hydrogens (tertiary/aromatic N) is 3. The van der Waals surface area contributed by atoms with Gasteiger partial charge in [-0.25, -0.2) is 9.89 Å². The van der Waals surface area contributed by atoms with Crippen molar-refractivity contribution in [2.24, 2.45) is 10.7 Å². The second-order valence-corrected chi connectivity index (χ2v) is 4.46. The number of ether oxygens (including phenoxy) is 1. The summed E-state index contributed by atoms with van der Waals surface area (Å²) in [6.07, 6.45) is 2.67. The van der Waals surface area contributed by atoms with E-state index in [-0.39, 0.29) is 12.0 Å². The molecule has 3 rings (SSSR count). The van der Waals surface area contributed by atoms with Crippen LogP contribution in [0.2, 0.25) is 0 Å². The Labute approximate surface area is 99.1 Å². The first-order valence-corrected chi connectivity index (χ1v) is 5.45. The minimum absolute atomic E-state index is 0.0189. The number of hydrogen-bond donors (Lipinski definition) is 1. The molecule has 2 bridgehead atoms. The van der Waals surface area contributed by atoms with Crippen LogP contribution in [0, 0.1) is 11.5 Å². The van der Waals surface area contributed by atoms with Gasteiger partial charge in [0.05, 0.1) is 6.04 Å². The molecule has 0 fully saturated rings. The fourth-order valence-electron chi connectivity index (χ4n) is 2.46. The Morgan fingerprint density at radius 3 is 3.12 bits per heavy atom. The van der Waals surface area contributed by atoms with Gasteiger partial charge in [0, 0.05) is 12.0 Å². The van der Waals surface area contributed by atoms with E-state index in [0.29, 0.717) is 6.42 Å². The Balaban J connectivity index is 2.17. The number of aliphatic imine (C=N–C) groups is 1. The molecule has 0 radical (unpaired) electrons. The highest BCUT2D eigenvalue weighted by Gasteiger charge is 2.46. The molecule has 0 saturated heterocycles. The first-order chi connectivity index (χ1) is 8.14. The number of fused-ring (bicyclic) bond motifs is 4. The third kappa shape index (κ3) is 1.27. The van der Waals surface area contributed by atoms with Crippen molar-refractivity contribution in [2.45, 2.75) is 25.1 Å². The van der Waals surface area contributed by atoms with Gasteiger partial charge in [-0.05, 0) is 13.0 Å². The molecule has 0 saturated carbocycles. The van der Waals surface area contributed by atoms with Crippen LogP contribution in [0.3, 0.4) is 0 Å². The topological polar surface area (TPSA) is 74.6 Å². The van der Waals surface area contributed by atoms with Crippen molar-refractivity contribution in [1.29, 1.82) is 5.26 Å². The fraction of sp³-hybridized carbons (Fsp3) is 0.333. The van der Waals surface area contributed by atoms with Gasteiger partial charge in [-0.15, -0.1) is 0 Å². The van der Waals surface area contributed by atoms with Gasteiger partial charge in [0.25, 0.3) is 0 Å². The lowest BCUT2D eigenvalue weighted by Gasteiger charge is -2.45. The lowest BCUT2D eigenvalue weighted by molar-refractivity contribution is -0.0348. The van der Waals surface area contributed by atoms with Crippen LogP contribution in [-0.4, -0.2) is 16.6 Å². The maximum Gasteiger partial charge on any atom is 0.208 e. The first kappa shape index (κ1) is 9.97. The van der Waals surface area contributed by atoms with E-state index in [9.17, 15) is 0 Å². The van der Waals surface area contributed by atoms with Crippen LogP contribution < -0.4 is 10.5 Å². The fourth-order valence-corrected chi connectivity index (χ4v) is 2.46. The number of guanidine groups is 1. The third-order valence-electron chi connectivity index (χ3n) is 3.27. The minimum atomic E-state index is -0.723. The summed E-state index contributed by atoms with van der Waals surface area (Å²) < 4.78 is 5.91. The number of benzene rings is 1. The zero-order valence-corrected chi connectivity index (χ0v) is 9.42. The first-order valence-electron chi connectivity index (χ1n) is 5.45. The minimum Gasteiger partial charge on any atom is -0.467 e. The van der Waals surface area contributed by atoms with E-state index in [1.807, 2.05) is 37.4 Å². The largest absolute Gasteiger partial charge is 0.467 e. The van der Waals surface area contributed by atoms with Crippen LogP contribution in [0.1, 0.15) is 24.9 Å². The van der Waals surface area contributed by atoms with Gasteiger partial charge in [0.15, 0.2) is 11.9 Å². The molecule has 5 nitrogen and oxygen atoms in total. The summed E-state index contributed by atoms with van der Waals surface area (Å²) in [5.41, 5.74) is 6.11. The molecule has 0 aliphatic carbocycles. The zero-order chi connectivity index (χ0) is 12.0. The summed E-state index contributed by atoms with van der Waals surface area (Å²) in [7, 11) is 0. The molecule has 2 aliphatic rings. The van der Waals surface area contributed by atoms with E-state index in [1.165, 1.54) is 4.90 Å². The van der Waals surface area contributed by atoms with Crippen molar-refractivity contribution >= 4 is 5.96 Å². The summed E-state index contributed by atoms with van der Waals surface area (Å²) in [6, 6.07) is 7.72. The van der Waals surface area contributed by atoms with Gasteiger partial charge < -0.3 is 10.5 Å². The molecule has 2 N–H and O–H groups in total. The highest BCUT2D eigenvalue weighted by atomic mass is 16.5. The lowest BCUT2D eigenvalue weighted by Crippen LogP contribution is -2.58. The molecule has 0 unspecified atom stereocenters. The predicted octanol–water partition coefficient (Wildman–Crippen LogP) is 1.34. The van der Waals surface area contributed by atoms with Gasteiger partial charge >= 0.3 is 0 Å². The molecule has 2 heterocycles. The molecule has 17 heavy (non-hydrogen) atoms. The van der Waals surface area contributed by atoms with Crippen LogP contribution in [0.15, 0.2) is 29.3 Å². The summed E-state index contributed by atoms with van der Waals surface area (Å²) in [4.78, 5) is 5.69. The summed E-state index contributed by atoms with van der Waals surface area (Å²) in [5.74, 6) is 1.00. The van der Waals surface area contributed by atoms with Gasteiger partial charge in [-0.1, -0.05) is 18.2 Å². The maximum absolute atomic E-state index is 9.12. The average molecular weight is 228 g/mol. The lowest BCUT2D eigenvalue weighted by atomic mass is 9.92. The molecule has 0 aromatic heterocycles. The number of para-hydroxylation sites is 1. The maximum atomic E-state index is 9.12. The molecule has 1 aromatic carbocycles. The normalized spacial score (nSPS) is 29.8. The van der Waals surface area contributed by atoms with Crippen molar-refractivity contribution in [3.8, 4) is 11.9 Å². The molecule has 86 valence electrons. The number of nitrogens with two attached hydrogens (primary N) is 1. The van der Waals surface area contributed by atoms with E-state index in [2.05, 4.69) is 4.99 Å². The highest BCUT2D eigenvalue weighted by Crippen LogP contribution is 2.45. The van der Waals surface area contributed by atoms with Gasteiger partial charge in [-0.3, -0.25) is 0 Å². The van der Waals surface area contributed by atoms with Gasteiger partial charge in [-0.2, -0.15) is 5.26 Å². The summed E-state index contributed by atoms with van der Waals surface area (Å²) in [5, 5.41) is 9.12. The molecular weight excluding hydrogens is 216 g/mol. The Morgan fingerprint density at radius 1 is 1.59 bits per heavy atom. The van der Waals surface area contributed by atoms with Crippen molar-refractivity contribution in [1.82, 2.24) is 4.90 Å². The Kier molecular flexibility index (Phi) is 1.84. The molecular formula is C12H12N4O. The number of rotatable bonds is 0. The van der Waals surface area contributed by atoms with Gasteiger partial charge in [0.1, 0.15) is 5.75 Å². The van der Waals surface area contributed by atoms with Crippen LogP contribution in [0.25, 0.3) is 0 Å². The number of hydrogen-bond acceptors (Lipinski definition) is 5. The predicted molar refractivity (Wildman–Crippen MR) is 61.9 cm³/mol. The third-order valence-corrected chi connectivity index (χ3v) is 3.27. The molecule has 0 amide bonds. The van der Waals surface area contributed by atoms with Crippen molar-refractivity contribution in [3.63, 3.8) is 0 Å². The van der Waals surface area contributed by atoms with Gasteiger partial charge in [0.2, 0.25) is 5.96 Å². The van der Waals surface area contributed by atoms with Crippen molar-refractivity contribution < 1.29 is 4.74 Å². The monoisotopic (exact) mass is 228 g/mol. The second kappa shape index (κ2) is 3.14.